The van der Waals surface area contributed by atoms with Crippen LogP contribution in [0.3, 0.4) is 0 Å². The molecule has 0 amide bonds. The highest BCUT2D eigenvalue weighted by molar-refractivity contribution is 7.11. The van der Waals surface area contributed by atoms with Crippen LogP contribution < -0.4 is 4.98 Å². The molecule has 0 saturated carbocycles. The predicted molar refractivity (Wildman–Crippen MR) is 129 cm³/mol. The average molecular weight is 422 g/mol. The number of ether oxygens (including phenoxy) is 1. The van der Waals surface area contributed by atoms with Crippen LogP contribution in [0.2, 0.25) is 12.6 Å². The van der Waals surface area contributed by atoms with E-state index in [1.807, 2.05) is 11.3 Å². The molecule has 0 spiro atoms. The van der Waals surface area contributed by atoms with E-state index in [0.717, 1.165) is 6.61 Å². The van der Waals surface area contributed by atoms with Crippen molar-refractivity contribution < 1.29 is 4.74 Å². The first-order chi connectivity index (χ1) is 12.8. The van der Waals surface area contributed by atoms with Crippen LogP contribution in [0.1, 0.15) is 97.1 Å². The van der Waals surface area contributed by atoms with Gasteiger partial charge in [-0.25, -0.2) is 0 Å². The van der Waals surface area contributed by atoms with Crippen molar-refractivity contribution in [2.75, 3.05) is 6.61 Å². The summed E-state index contributed by atoms with van der Waals surface area (Å²) in [6.07, 6.45) is 5.09. The lowest BCUT2D eigenvalue weighted by Gasteiger charge is -2.41. The van der Waals surface area contributed by atoms with E-state index < -0.39 is 8.24 Å². The van der Waals surface area contributed by atoms with Gasteiger partial charge in [0.15, 0.2) is 0 Å². The van der Waals surface area contributed by atoms with Crippen molar-refractivity contribution in [2.24, 2.45) is 0 Å². The lowest BCUT2D eigenvalue weighted by molar-refractivity contribution is -0.00471. The monoisotopic (exact) mass is 421 g/mol. The van der Waals surface area contributed by atoms with Crippen LogP contribution in [0.15, 0.2) is 17.0 Å². The Hall–Kier alpha value is -0.423. The summed E-state index contributed by atoms with van der Waals surface area (Å²) < 4.78 is 5.87. The number of hydrogen-bond acceptors (Lipinski definition) is 3. The molecule has 2 unspecified atom stereocenters. The summed E-state index contributed by atoms with van der Waals surface area (Å²) in [5.41, 5.74) is 5.52. The molecule has 0 bridgehead atoms. The summed E-state index contributed by atoms with van der Waals surface area (Å²) in [6, 6.07) is 3.74. The number of nitrogens with one attached hydrogen (secondary N) is 1. The molecule has 1 aromatic heterocycles. The first-order valence-corrected chi connectivity index (χ1v) is 14.7. The minimum atomic E-state index is -1.70. The van der Waals surface area contributed by atoms with E-state index >= 15 is 0 Å². The van der Waals surface area contributed by atoms with Crippen LogP contribution in [-0.2, 0) is 4.74 Å². The fourth-order valence-electron chi connectivity index (χ4n) is 4.76. The second-order valence-electron chi connectivity index (χ2n) is 10.9. The van der Waals surface area contributed by atoms with E-state index in [9.17, 15) is 0 Å². The molecule has 4 heteroatoms. The minimum Gasteiger partial charge on any atom is -0.376 e. The van der Waals surface area contributed by atoms with Crippen LogP contribution >= 0.6 is 11.3 Å². The Kier molecular flexibility index (Phi) is 7.80. The Balaban J connectivity index is 2.01. The quantitative estimate of drug-likeness (QED) is 0.329. The topological polar surface area (TPSA) is 21.3 Å². The van der Waals surface area contributed by atoms with E-state index in [0.29, 0.717) is 5.54 Å². The molecule has 2 nitrogen and oxygen atoms in total. The zero-order valence-electron chi connectivity index (χ0n) is 19.8. The van der Waals surface area contributed by atoms with Gasteiger partial charge in [0, 0.05) is 22.6 Å². The standard InChI is InChI=1S/C24H43NOSSi/c1-18-19(2)22(20-14-16-27-21(18)20)28(9,25-23(3,4)5)17-13-11-10-12-15-26-24(6,7)8/h14,16,22,25H,10-13,15,17H2,1-9H3. The van der Waals surface area contributed by atoms with Crippen LogP contribution in [0.4, 0.5) is 0 Å². The van der Waals surface area contributed by atoms with E-state index in [2.05, 4.69) is 78.4 Å². The van der Waals surface area contributed by atoms with E-state index in [1.165, 1.54) is 42.2 Å². The number of thiophene rings is 1. The number of hydrogen-bond donors (Lipinski definition) is 1. The number of rotatable bonds is 9. The van der Waals surface area contributed by atoms with E-state index in [1.54, 1.807) is 11.1 Å². The maximum absolute atomic E-state index is 5.87. The average Bonchev–Trinajstić information content (AvgIpc) is 3.07. The van der Waals surface area contributed by atoms with Gasteiger partial charge in [0.2, 0.25) is 0 Å². The van der Waals surface area contributed by atoms with Gasteiger partial charge in [-0.05, 0) is 90.4 Å². The zero-order valence-corrected chi connectivity index (χ0v) is 21.6. The molecule has 2 rings (SSSR count). The van der Waals surface area contributed by atoms with E-state index in [4.69, 9.17) is 4.74 Å². The summed E-state index contributed by atoms with van der Waals surface area (Å²) in [5, 5.41) is 2.29. The molecule has 1 aliphatic rings. The second kappa shape index (κ2) is 9.16. The third-order valence-corrected chi connectivity index (χ3v) is 11.6. The number of unbranched alkanes of at least 4 members (excludes halogenated alkanes) is 3. The van der Waals surface area contributed by atoms with Gasteiger partial charge in [-0.2, -0.15) is 0 Å². The van der Waals surface area contributed by atoms with Gasteiger partial charge in [-0.1, -0.05) is 31.4 Å². The summed E-state index contributed by atoms with van der Waals surface area (Å²) in [5.74, 6) is 0. The molecule has 1 N–H and O–H groups in total. The van der Waals surface area contributed by atoms with Crippen molar-refractivity contribution in [3.63, 3.8) is 0 Å². The Labute approximate surface area is 179 Å². The third kappa shape index (κ3) is 6.29. The Morgan fingerprint density at radius 3 is 2.29 bits per heavy atom. The SMILES string of the molecule is CC1=C(C)C([Si](C)(CCCCCCOC(C)(C)C)NC(C)(C)C)c2ccsc21. The van der Waals surface area contributed by atoms with Crippen molar-refractivity contribution in [3.8, 4) is 0 Å². The van der Waals surface area contributed by atoms with Crippen LogP contribution in [0.5, 0.6) is 0 Å². The molecule has 0 aromatic carbocycles. The number of allylic oxidation sites excluding steroid dienone is 2. The van der Waals surface area contributed by atoms with Gasteiger partial charge >= 0.3 is 0 Å². The highest BCUT2D eigenvalue weighted by atomic mass is 32.1. The summed E-state index contributed by atoms with van der Waals surface area (Å²) in [7, 11) is -1.70. The Morgan fingerprint density at radius 1 is 1.04 bits per heavy atom. The van der Waals surface area contributed by atoms with Crippen molar-refractivity contribution in [1.29, 1.82) is 0 Å². The Bertz CT molecular complexity index is 680. The molecule has 160 valence electrons. The lowest BCUT2D eigenvalue weighted by Crippen LogP contribution is -2.60. The maximum atomic E-state index is 5.87. The molecular formula is C24H43NOSSi. The molecule has 1 aliphatic carbocycles. The maximum Gasteiger partial charge on any atom is 0.134 e. The van der Waals surface area contributed by atoms with Gasteiger partial charge < -0.3 is 9.72 Å². The molecule has 2 atom stereocenters. The van der Waals surface area contributed by atoms with Gasteiger partial charge in [-0.3, -0.25) is 0 Å². The summed E-state index contributed by atoms with van der Waals surface area (Å²) in [6.45, 7) is 21.6. The fourth-order valence-corrected chi connectivity index (χ4v) is 11.2. The fraction of sp³-hybridized carbons (Fsp3) is 0.750. The van der Waals surface area contributed by atoms with Gasteiger partial charge in [0.1, 0.15) is 8.24 Å². The summed E-state index contributed by atoms with van der Waals surface area (Å²) in [4.78, 5) is 5.70. The molecule has 0 saturated heterocycles. The Morgan fingerprint density at radius 2 is 1.68 bits per heavy atom. The van der Waals surface area contributed by atoms with Crippen molar-refractivity contribution in [2.45, 2.75) is 110 Å². The van der Waals surface area contributed by atoms with Gasteiger partial charge in [0.25, 0.3) is 0 Å². The normalized spacial score (nSPS) is 19.8. The van der Waals surface area contributed by atoms with Gasteiger partial charge in [0.05, 0.1) is 5.60 Å². The molecule has 28 heavy (non-hydrogen) atoms. The molecule has 1 aromatic rings. The molecule has 0 radical (unpaired) electrons. The highest BCUT2D eigenvalue weighted by Gasteiger charge is 2.45. The predicted octanol–water partition coefficient (Wildman–Crippen LogP) is 7.52. The lowest BCUT2D eigenvalue weighted by atomic mass is 10.1. The summed E-state index contributed by atoms with van der Waals surface area (Å²) >= 11 is 1.92. The largest absolute Gasteiger partial charge is 0.376 e. The first kappa shape index (κ1) is 23.9. The van der Waals surface area contributed by atoms with Crippen LogP contribution in [-0.4, -0.2) is 26.0 Å². The van der Waals surface area contributed by atoms with Crippen molar-refractivity contribution >= 4 is 25.1 Å². The molecule has 0 aliphatic heterocycles. The zero-order chi connectivity index (χ0) is 21.2. The van der Waals surface area contributed by atoms with Crippen molar-refractivity contribution in [3.05, 3.63) is 27.5 Å². The van der Waals surface area contributed by atoms with Crippen molar-refractivity contribution in [1.82, 2.24) is 4.98 Å². The van der Waals surface area contributed by atoms with Gasteiger partial charge in [-0.15, -0.1) is 11.3 Å². The highest BCUT2D eigenvalue weighted by Crippen LogP contribution is 2.49. The molecule has 0 fully saturated rings. The van der Waals surface area contributed by atoms with Crippen LogP contribution in [0.25, 0.3) is 5.57 Å². The smallest absolute Gasteiger partial charge is 0.134 e. The second-order valence-corrected chi connectivity index (χ2v) is 15.9. The van der Waals surface area contributed by atoms with E-state index in [-0.39, 0.29) is 11.1 Å². The third-order valence-electron chi connectivity index (χ3n) is 5.80. The number of fused-ring (bicyclic) bond motifs is 1. The molecular weight excluding hydrogens is 378 g/mol. The van der Waals surface area contributed by atoms with Crippen LogP contribution in [0, 0.1) is 0 Å². The minimum absolute atomic E-state index is 0.00937. The molecule has 1 heterocycles. The first-order valence-electron chi connectivity index (χ1n) is 11.0.